The van der Waals surface area contributed by atoms with Crippen LogP contribution in [0.3, 0.4) is 0 Å². The van der Waals surface area contributed by atoms with Crippen LogP contribution in [-0.4, -0.2) is 30.3 Å². The van der Waals surface area contributed by atoms with Crippen molar-refractivity contribution in [2.45, 2.75) is 19.9 Å². The highest BCUT2D eigenvalue weighted by Gasteiger charge is 2.09. The Bertz CT molecular complexity index is 393. The molecule has 0 saturated carbocycles. The van der Waals surface area contributed by atoms with Gasteiger partial charge in [0.25, 0.3) is 0 Å². The Kier molecular flexibility index (Phi) is 4.78. The van der Waals surface area contributed by atoms with Crippen molar-refractivity contribution in [3.8, 4) is 0 Å². The molecule has 1 atom stereocenters. The van der Waals surface area contributed by atoms with Crippen molar-refractivity contribution in [2.75, 3.05) is 24.3 Å². The van der Waals surface area contributed by atoms with Crippen LogP contribution in [0.5, 0.6) is 0 Å². The van der Waals surface area contributed by atoms with E-state index in [0.717, 1.165) is 0 Å². The fourth-order valence-corrected chi connectivity index (χ4v) is 1.42. The molecule has 1 aromatic carbocycles. The van der Waals surface area contributed by atoms with E-state index in [2.05, 4.69) is 5.32 Å². The molecule has 0 amide bonds. The van der Waals surface area contributed by atoms with Gasteiger partial charge in [0.2, 0.25) is 0 Å². The number of nitrogens with one attached hydrogen (secondary N) is 1. The number of carboxylic acid groups (broad SMARTS) is 1. The van der Waals surface area contributed by atoms with E-state index in [1.54, 1.807) is 6.07 Å². The molecule has 17 heavy (non-hydrogen) atoms. The molecule has 1 unspecified atom stereocenters. The SMILES string of the molecule is CCOCC(C)Nc1cc(C(=O)O)ccc1N. The molecule has 0 aliphatic heterocycles. The Labute approximate surface area is 101 Å². The van der Waals surface area contributed by atoms with E-state index < -0.39 is 5.97 Å². The molecular weight excluding hydrogens is 220 g/mol. The highest BCUT2D eigenvalue weighted by Crippen LogP contribution is 2.20. The first-order valence-electron chi connectivity index (χ1n) is 5.51. The number of benzene rings is 1. The van der Waals surface area contributed by atoms with E-state index in [9.17, 15) is 4.79 Å². The van der Waals surface area contributed by atoms with Crippen LogP contribution in [0.2, 0.25) is 0 Å². The minimum Gasteiger partial charge on any atom is -0.478 e. The Morgan fingerprint density at radius 3 is 2.88 bits per heavy atom. The van der Waals surface area contributed by atoms with E-state index in [-0.39, 0.29) is 11.6 Å². The van der Waals surface area contributed by atoms with Gasteiger partial charge in [0.1, 0.15) is 0 Å². The van der Waals surface area contributed by atoms with Gasteiger partial charge < -0.3 is 20.9 Å². The first-order chi connectivity index (χ1) is 8.04. The molecule has 0 heterocycles. The van der Waals surface area contributed by atoms with Crippen LogP contribution in [0, 0.1) is 0 Å². The third-order valence-electron chi connectivity index (χ3n) is 2.27. The average Bonchev–Trinajstić information content (AvgIpc) is 2.29. The van der Waals surface area contributed by atoms with Crippen LogP contribution in [0.25, 0.3) is 0 Å². The number of nitrogens with two attached hydrogens (primary N) is 1. The molecule has 1 rings (SSSR count). The number of ether oxygens (including phenoxy) is 1. The number of nitrogen functional groups attached to an aromatic ring is 1. The number of rotatable bonds is 6. The first kappa shape index (κ1) is 13.3. The summed E-state index contributed by atoms with van der Waals surface area (Å²) in [6, 6.07) is 4.66. The van der Waals surface area contributed by atoms with Crippen molar-refractivity contribution in [1.82, 2.24) is 0 Å². The van der Waals surface area contributed by atoms with Crippen molar-refractivity contribution < 1.29 is 14.6 Å². The van der Waals surface area contributed by atoms with Crippen molar-refractivity contribution in [3.63, 3.8) is 0 Å². The van der Waals surface area contributed by atoms with Gasteiger partial charge in [-0.05, 0) is 32.0 Å². The van der Waals surface area contributed by atoms with Gasteiger partial charge in [-0.15, -0.1) is 0 Å². The maximum absolute atomic E-state index is 10.8. The van der Waals surface area contributed by atoms with E-state index in [1.807, 2.05) is 13.8 Å². The lowest BCUT2D eigenvalue weighted by Gasteiger charge is -2.16. The number of carboxylic acids is 1. The normalized spacial score (nSPS) is 12.1. The Hall–Kier alpha value is -1.75. The molecule has 1 aromatic rings. The number of carbonyl (C=O) groups is 1. The molecule has 94 valence electrons. The summed E-state index contributed by atoms with van der Waals surface area (Å²) in [4.78, 5) is 10.8. The lowest BCUT2D eigenvalue weighted by atomic mass is 10.1. The van der Waals surface area contributed by atoms with Gasteiger partial charge in [-0.1, -0.05) is 0 Å². The monoisotopic (exact) mass is 238 g/mol. The molecule has 0 aliphatic rings. The van der Waals surface area contributed by atoms with Crippen LogP contribution < -0.4 is 11.1 Å². The third-order valence-corrected chi connectivity index (χ3v) is 2.27. The second-order valence-electron chi connectivity index (χ2n) is 3.81. The summed E-state index contributed by atoms with van der Waals surface area (Å²) >= 11 is 0. The van der Waals surface area contributed by atoms with Crippen LogP contribution in [0.4, 0.5) is 11.4 Å². The zero-order chi connectivity index (χ0) is 12.8. The minimum absolute atomic E-state index is 0.0706. The molecule has 0 spiro atoms. The van der Waals surface area contributed by atoms with E-state index >= 15 is 0 Å². The fourth-order valence-electron chi connectivity index (χ4n) is 1.42. The van der Waals surface area contributed by atoms with Gasteiger partial charge in [-0.3, -0.25) is 0 Å². The van der Waals surface area contributed by atoms with E-state index in [1.165, 1.54) is 12.1 Å². The van der Waals surface area contributed by atoms with Crippen LogP contribution >= 0.6 is 0 Å². The third kappa shape index (κ3) is 3.96. The van der Waals surface area contributed by atoms with Crippen molar-refractivity contribution in [1.29, 1.82) is 0 Å². The van der Waals surface area contributed by atoms with Gasteiger partial charge in [-0.25, -0.2) is 4.79 Å². The summed E-state index contributed by atoms with van der Waals surface area (Å²) in [5, 5.41) is 12.0. The first-order valence-corrected chi connectivity index (χ1v) is 5.51. The van der Waals surface area contributed by atoms with E-state index in [4.69, 9.17) is 15.6 Å². The van der Waals surface area contributed by atoms with Crippen LogP contribution in [0.1, 0.15) is 24.2 Å². The Morgan fingerprint density at radius 1 is 1.59 bits per heavy atom. The highest BCUT2D eigenvalue weighted by molar-refractivity contribution is 5.90. The highest BCUT2D eigenvalue weighted by atomic mass is 16.5. The number of aromatic carboxylic acids is 1. The number of hydrogen-bond donors (Lipinski definition) is 3. The molecule has 0 fully saturated rings. The molecule has 0 saturated heterocycles. The second kappa shape index (κ2) is 6.10. The fraction of sp³-hybridized carbons (Fsp3) is 0.417. The largest absolute Gasteiger partial charge is 0.478 e. The zero-order valence-corrected chi connectivity index (χ0v) is 10.1. The van der Waals surface area contributed by atoms with Gasteiger partial charge in [0.05, 0.1) is 23.5 Å². The number of anilines is 2. The smallest absolute Gasteiger partial charge is 0.335 e. The molecule has 0 radical (unpaired) electrons. The topological polar surface area (TPSA) is 84.6 Å². The molecular formula is C12H18N2O3. The Balaban J connectivity index is 2.75. The maximum atomic E-state index is 10.8. The lowest BCUT2D eigenvalue weighted by Crippen LogP contribution is -2.22. The van der Waals surface area contributed by atoms with Gasteiger partial charge in [0.15, 0.2) is 0 Å². The zero-order valence-electron chi connectivity index (χ0n) is 10.1. The van der Waals surface area contributed by atoms with Gasteiger partial charge >= 0.3 is 5.97 Å². The quantitative estimate of drug-likeness (QED) is 0.658. The van der Waals surface area contributed by atoms with Crippen molar-refractivity contribution in [2.24, 2.45) is 0 Å². The molecule has 5 nitrogen and oxygen atoms in total. The molecule has 5 heteroatoms. The maximum Gasteiger partial charge on any atom is 0.335 e. The summed E-state index contributed by atoms with van der Waals surface area (Å²) in [5.74, 6) is -0.967. The number of hydrogen-bond acceptors (Lipinski definition) is 4. The van der Waals surface area contributed by atoms with Crippen molar-refractivity contribution >= 4 is 17.3 Å². The second-order valence-corrected chi connectivity index (χ2v) is 3.81. The standard InChI is InChI=1S/C12H18N2O3/c1-3-17-7-8(2)14-11-6-9(12(15)16)4-5-10(11)13/h4-6,8,14H,3,7,13H2,1-2H3,(H,15,16). The van der Waals surface area contributed by atoms with Gasteiger partial charge in [0, 0.05) is 12.6 Å². The van der Waals surface area contributed by atoms with Crippen LogP contribution in [-0.2, 0) is 4.74 Å². The minimum atomic E-state index is -0.967. The molecule has 4 N–H and O–H groups in total. The molecule has 0 aliphatic carbocycles. The van der Waals surface area contributed by atoms with Crippen molar-refractivity contribution in [3.05, 3.63) is 23.8 Å². The predicted molar refractivity (Wildman–Crippen MR) is 67.4 cm³/mol. The molecule has 0 aromatic heterocycles. The summed E-state index contributed by atoms with van der Waals surface area (Å²) < 4.78 is 5.27. The van der Waals surface area contributed by atoms with E-state index in [0.29, 0.717) is 24.6 Å². The summed E-state index contributed by atoms with van der Waals surface area (Å²) in [7, 11) is 0. The lowest BCUT2D eigenvalue weighted by molar-refractivity contribution is 0.0697. The summed E-state index contributed by atoms with van der Waals surface area (Å²) in [6.45, 7) is 5.07. The average molecular weight is 238 g/mol. The predicted octanol–water partition coefficient (Wildman–Crippen LogP) is 1.80. The molecule has 0 bridgehead atoms. The summed E-state index contributed by atoms with van der Waals surface area (Å²) in [5.41, 5.74) is 7.13. The van der Waals surface area contributed by atoms with Gasteiger partial charge in [-0.2, -0.15) is 0 Å². The Morgan fingerprint density at radius 2 is 2.29 bits per heavy atom. The van der Waals surface area contributed by atoms with Crippen LogP contribution in [0.15, 0.2) is 18.2 Å². The summed E-state index contributed by atoms with van der Waals surface area (Å²) in [6.07, 6.45) is 0.